The number of hydrogen-bond donors (Lipinski definition) is 1. The third-order valence-corrected chi connectivity index (χ3v) is 5.36. The Kier molecular flexibility index (Phi) is 6.88. The number of aliphatic hydroxyl groups is 1. The normalized spacial score (nSPS) is 11.7. The molecule has 0 amide bonds. The number of imidazole rings is 1. The number of halogens is 2. The maximum absolute atomic E-state index is 13.4. The topological polar surface area (TPSA) is 113 Å². The molecule has 0 spiro atoms. The zero-order valence-corrected chi connectivity index (χ0v) is 19.9. The molecular formula is C24H25F2N5O5. The SMILES string of the molecule is Cc1ccc(Cn2c(Oc3cccc(OC(C)(F)F)c3)nc3c2c(=O)n(CCCO)c(=O)n3C)cn1. The fourth-order valence-electron chi connectivity index (χ4n) is 3.69. The maximum atomic E-state index is 13.4. The van der Waals surface area contributed by atoms with Crippen molar-refractivity contribution < 1.29 is 23.4 Å². The Hall–Kier alpha value is -4.06. The summed E-state index contributed by atoms with van der Waals surface area (Å²) in [5.74, 6) is 0.0186. The predicted molar refractivity (Wildman–Crippen MR) is 127 cm³/mol. The highest BCUT2D eigenvalue weighted by Gasteiger charge is 2.24. The average Bonchev–Trinajstić information content (AvgIpc) is 3.16. The summed E-state index contributed by atoms with van der Waals surface area (Å²) in [5.41, 5.74) is 0.568. The largest absolute Gasteiger partial charge is 0.433 e. The van der Waals surface area contributed by atoms with E-state index in [2.05, 4.69) is 14.7 Å². The number of hydrogen-bond acceptors (Lipinski definition) is 7. The molecule has 0 aliphatic rings. The van der Waals surface area contributed by atoms with Crippen LogP contribution in [0.2, 0.25) is 0 Å². The minimum atomic E-state index is -3.39. The summed E-state index contributed by atoms with van der Waals surface area (Å²) < 4.78 is 40.9. The van der Waals surface area contributed by atoms with Crippen LogP contribution in [0.4, 0.5) is 8.78 Å². The van der Waals surface area contributed by atoms with Gasteiger partial charge in [0.2, 0.25) is 0 Å². The van der Waals surface area contributed by atoms with E-state index in [-0.39, 0.29) is 54.8 Å². The van der Waals surface area contributed by atoms with E-state index in [0.29, 0.717) is 6.92 Å². The summed E-state index contributed by atoms with van der Waals surface area (Å²) in [6.45, 7) is 2.44. The average molecular weight is 501 g/mol. The van der Waals surface area contributed by atoms with Crippen molar-refractivity contribution in [3.63, 3.8) is 0 Å². The van der Waals surface area contributed by atoms with Crippen molar-refractivity contribution in [1.29, 1.82) is 0 Å². The minimum Gasteiger partial charge on any atom is -0.433 e. The zero-order chi connectivity index (χ0) is 26.0. The molecule has 0 unspecified atom stereocenters. The van der Waals surface area contributed by atoms with Gasteiger partial charge in [-0.2, -0.15) is 13.8 Å². The predicted octanol–water partition coefficient (Wildman–Crippen LogP) is 2.81. The molecule has 0 aliphatic carbocycles. The van der Waals surface area contributed by atoms with E-state index in [1.54, 1.807) is 6.20 Å². The standard InChI is InChI=1S/C24H25F2N5O5/c1-15-8-9-16(13-27-15)14-31-19-20(29(3)23(34)30(21(19)33)10-5-11-32)28-22(31)35-17-6-4-7-18(12-17)36-24(2,25)26/h4,6-9,12-13,32H,5,10-11,14H2,1-3H3. The lowest BCUT2D eigenvalue weighted by Gasteiger charge is -2.14. The van der Waals surface area contributed by atoms with Gasteiger partial charge in [0, 0.05) is 45.1 Å². The van der Waals surface area contributed by atoms with E-state index in [4.69, 9.17) is 4.74 Å². The lowest BCUT2D eigenvalue weighted by Crippen LogP contribution is -2.39. The lowest BCUT2D eigenvalue weighted by atomic mass is 10.2. The fraction of sp³-hybridized carbons (Fsp3) is 0.333. The van der Waals surface area contributed by atoms with Crippen LogP contribution in [0.5, 0.6) is 17.5 Å². The summed E-state index contributed by atoms with van der Waals surface area (Å²) in [6.07, 6.45) is -1.52. The number of aliphatic hydroxyl groups excluding tert-OH is 1. The zero-order valence-electron chi connectivity index (χ0n) is 19.9. The number of pyridine rings is 1. The van der Waals surface area contributed by atoms with Crippen molar-refractivity contribution in [2.24, 2.45) is 7.05 Å². The van der Waals surface area contributed by atoms with Crippen molar-refractivity contribution in [3.8, 4) is 17.5 Å². The molecule has 10 nitrogen and oxygen atoms in total. The molecule has 0 bridgehead atoms. The van der Waals surface area contributed by atoms with Gasteiger partial charge >= 0.3 is 17.8 Å². The van der Waals surface area contributed by atoms with Crippen LogP contribution in [0.15, 0.2) is 52.2 Å². The van der Waals surface area contributed by atoms with Crippen LogP contribution in [0.3, 0.4) is 0 Å². The fourth-order valence-corrected chi connectivity index (χ4v) is 3.69. The molecule has 12 heteroatoms. The van der Waals surface area contributed by atoms with Gasteiger partial charge in [0.1, 0.15) is 11.5 Å². The summed E-state index contributed by atoms with van der Waals surface area (Å²) in [6, 6.07) is 9.25. The van der Waals surface area contributed by atoms with Crippen LogP contribution in [0.25, 0.3) is 11.2 Å². The van der Waals surface area contributed by atoms with Crippen molar-refractivity contribution in [1.82, 2.24) is 23.7 Å². The van der Waals surface area contributed by atoms with Crippen LogP contribution in [-0.2, 0) is 20.1 Å². The molecule has 4 rings (SSSR count). The number of aromatic nitrogens is 5. The highest BCUT2D eigenvalue weighted by molar-refractivity contribution is 5.72. The molecule has 1 N–H and O–H groups in total. The summed E-state index contributed by atoms with van der Waals surface area (Å²) >= 11 is 0. The van der Waals surface area contributed by atoms with Gasteiger partial charge in [0.25, 0.3) is 5.56 Å². The molecular weight excluding hydrogens is 476 g/mol. The Bertz CT molecular complexity index is 1500. The molecule has 4 aromatic rings. The molecule has 0 fully saturated rings. The molecule has 36 heavy (non-hydrogen) atoms. The van der Waals surface area contributed by atoms with E-state index in [0.717, 1.165) is 15.8 Å². The van der Waals surface area contributed by atoms with Gasteiger partial charge in [-0.1, -0.05) is 12.1 Å². The molecule has 0 saturated carbocycles. The van der Waals surface area contributed by atoms with Crippen molar-refractivity contribution in [2.45, 2.75) is 39.5 Å². The van der Waals surface area contributed by atoms with Gasteiger partial charge in [-0.3, -0.25) is 23.5 Å². The number of ether oxygens (including phenoxy) is 2. The molecule has 190 valence electrons. The van der Waals surface area contributed by atoms with Crippen LogP contribution in [-0.4, -0.2) is 41.5 Å². The van der Waals surface area contributed by atoms with Crippen molar-refractivity contribution in [2.75, 3.05) is 6.61 Å². The molecule has 1 aromatic carbocycles. The lowest BCUT2D eigenvalue weighted by molar-refractivity contribution is -0.159. The first-order valence-electron chi connectivity index (χ1n) is 11.1. The van der Waals surface area contributed by atoms with Gasteiger partial charge in [-0.25, -0.2) is 4.79 Å². The Labute approximate surface area is 204 Å². The van der Waals surface area contributed by atoms with Crippen LogP contribution in [0.1, 0.15) is 24.6 Å². The number of rotatable bonds is 9. The second-order valence-electron chi connectivity index (χ2n) is 8.32. The van der Waals surface area contributed by atoms with E-state index in [1.807, 2.05) is 19.1 Å². The van der Waals surface area contributed by atoms with Gasteiger partial charge in [0.15, 0.2) is 11.2 Å². The van der Waals surface area contributed by atoms with E-state index < -0.39 is 17.4 Å². The van der Waals surface area contributed by atoms with Gasteiger partial charge in [0.05, 0.1) is 6.54 Å². The minimum absolute atomic E-state index is 0.0238. The monoisotopic (exact) mass is 501 g/mol. The molecule has 0 aliphatic heterocycles. The number of benzene rings is 1. The first kappa shape index (κ1) is 25.0. The van der Waals surface area contributed by atoms with Crippen LogP contribution >= 0.6 is 0 Å². The highest BCUT2D eigenvalue weighted by Crippen LogP contribution is 2.29. The smallest absolute Gasteiger partial charge is 0.394 e. The quantitative estimate of drug-likeness (QED) is 0.375. The summed E-state index contributed by atoms with van der Waals surface area (Å²) in [5, 5.41) is 9.20. The maximum Gasteiger partial charge on any atom is 0.394 e. The second kappa shape index (κ2) is 9.90. The number of alkyl halides is 2. The summed E-state index contributed by atoms with van der Waals surface area (Å²) in [7, 11) is 1.48. The van der Waals surface area contributed by atoms with Crippen molar-refractivity contribution >= 4 is 11.2 Å². The molecule has 3 aromatic heterocycles. The van der Waals surface area contributed by atoms with Crippen molar-refractivity contribution in [3.05, 3.63) is 74.7 Å². The molecule has 0 saturated heterocycles. The Morgan fingerprint density at radius 2 is 1.86 bits per heavy atom. The van der Waals surface area contributed by atoms with Crippen LogP contribution in [0, 0.1) is 6.92 Å². The third-order valence-electron chi connectivity index (χ3n) is 5.36. The first-order chi connectivity index (χ1) is 17.1. The molecule has 3 heterocycles. The Morgan fingerprint density at radius 3 is 2.53 bits per heavy atom. The first-order valence-corrected chi connectivity index (χ1v) is 11.1. The second-order valence-corrected chi connectivity index (χ2v) is 8.32. The number of fused-ring (bicyclic) bond motifs is 1. The third kappa shape index (κ3) is 5.28. The van der Waals surface area contributed by atoms with Gasteiger partial charge in [-0.15, -0.1) is 0 Å². The molecule has 0 radical (unpaired) electrons. The van der Waals surface area contributed by atoms with E-state index in [9.17, 15) is 23.5 Å². The van der Waals surface area contributed by atoms with Gasteiger partial charge in [-0.05, 0) is 37.1 Å². The number of aryl methyl sites for hydroxylation is 2. The molecule has 0 atom stereocenters. The Balaban J connectivity index is 1.87. The highest BCUT2D eigenvalue weighted by atomic mass is 19.3. The summed E-state index contributed by atoms with van der Waals surface area (Å²) in [4.78, 5) is 34.9. The van der Waals surface area contributed by atoms with E-state index in [1.165, 1.54) is 40.4 Å². The van der Waals surface area contributed by atoms with Gasteiger partial charge < -0.3 is 14.6 Å². The van der Waals surface area contributed by atoms with E-state index >= 15 is 0 Å². The van der Waals surface area contributed by atoms with Crippen LogP contribution < -0.4 is 20.7 Å². The number of nitrogens with zero attached hydrogens (tertiary/aromatic N) is 5. The Morgan fingerprint density at radius 1 is 1.11 bits per heavy atom.